The van der Waals surface area contributed by atoms with Crippen molar-refractivity contribution >= 4 is 29.1 Å². The molecule has 3 rings (SSSR count). The molecule has 1 saturated heterocycles. The molecule has 0 aromatic heterocycles. The number of nitrogens with zero attached hydrogens (tertiary/aromatic N) is 2. The number of halogens is 2. The van der Waals surface area contributed by atoms with Gasteiger partial charge in [-0.3, -0.25) is 14.4 Å². The fourth-order valence-electron chi connectivity index (χ4n) is 3.88. The average molecular weight is 454 g/mol. The second-order valence-electron chi connectivity index (χ2n) is 8.29. The van der Waals surface area contributed by atoms with Gasteiger partial charge in [0.05, 0.1) is 12.0 Å². The summed E-state index contributed by atoms with van der Waals surface area (Å²) in [5, 5.41) is 14.7. The Balaban J connectivity index is 1.74. The van der Waals surface area contributed by atoms with Crippen molar-refractivity contribution < 1.29 is 23.2 Å². The van der Waals surface area contributed by atoms with Crippen LogP contribution in [-0.4, -0.2) is 35.2 Å². The van der Waals surface area contributed by atoms with Crippen molar-refractivity contribution in [2.45, 2.75) is 26.3 Å². The van der Waals surface area contributed by atoms with E-state index in [1.54, 1.807) is 38.1 Å². The van der Waals surface area contributed by atoms with Crippen molar-refractivity contribution in [2.24, 2.45) is 17.8 Å². The third-order valence-corrected chi connectivity index (χ3v) is 5.49. The van der Waals surface area contributed by atoms with Crippen molar-refractivity contribution in [3.8, 4) is 6.07 Å². The first kappa shape index (κ1) is 23.9. The quantitative estimate of drug-likeness (QED) is 0.652. The van der Waals surface area contributed by atoms with Crippen LogP contribution in [0.5, 0.6) is 0 Å². The van der Waals surface area contributed by atoms with Gasteiger partial charge in [-0.05, 0) is 36.6 Å². The Kier molecular flexibility index (Phi) is 7.38. The van der Waals surface area contributed by atoms with Crippen molar-refractivity contribution in [3.05, 3.63) is 60.2 Å². The van der Waals surface area contributed by atoms with Gasteiger partial charge in [0.1, 0.15) is 23.6 Å². The Labute approximate surface area is 190 Å². The molecule has 3 amide bonds. The molecule has 172 valence electrons. The summed E-state index contributed by atoms with van der Waals surface area (Å²) in [7, 11) is 0. The smallest absolute Gasteiger partial charge is 0.237 e. The third-order valence-electron chi connectivity index (χ3n) is 5.49. The zero-order valence-electron chi connectivity index (χ0n) is 18.2. The normalized spacial score (nSPS) is 18.5. The molecule has 0 saturated carbocycles. The molecule has 2 N–H and O–H groups in total. The van der Waals surface area contributed by atoms with Crippen LogP contribution in [0.3, 0.4) is 0 Å². The van der Waals surface area contributed by atoms with Crippen LogP contribution in [0, 0.1) is 40.7 Å². The Hall–Kier alpha value is -3.80. The SMILES string of the molecule is CC(C)C(C(=O)Nc1cc(F)cc(F)c1)C(=O)N1CC(C(=O)Nc2ccccc2)CC1C#N. The predicted octanol–water partition coefficient (Wildman–Crippen LogP) is 3.55. The highest BCUT2D eigenvalue weighted by molar-refractivity contribution is 6.07. The Morgan fingerprint density at radius 2 is 1.67 bits per heavy atom. The molecule has 3 atom stereocenters. The van der Waals surface area contributed by atoms with Crippen molar-refractivity contribution in [1.29, 1.82) is 5.26 Å². The minimum Gasteiger partial charge on any atom is -0.326 e. The van der Waals surface area contributed by atoms with Gasteiger partial charge < -0.3 is 15.5 Å². The number of anilines is 2. The summed E-state index contributed by atoms with van der Waals surface area (Å²) in [6, 6.07) is 12.5. The van der Waals surface area contributed by atoms with Gasteiger partial charge >= 0.3 is 0 Å². The van der Waals surface area contributed by atoms with E-state index in [-0.39, 0.29) is 24.6 Å². The maximum Gasteiger partial charge on any atom is 0.237 e. The van der Waals surface area contributed by atoms with Crippen molar-refractivity contribution in [3.63, 3.8) is 0 Å². The van der Waals surface area contributed by atoms with E-state index in [0.29, 0.717) is 11.8 Å². The zero-order chi connectivity index (χ0) is 24.1. The van der Waals surface area contributed by atoms with Gasteiger partial charge in [0.15, 0.2) is 0 Å². The number of likely N-dealkylation sites (tertiary alicyclic amines) is 1. The molecule has 2 aromatic carbocycles. The Morgan fingerprint density at radius 3 is 2.24 bits per heavy atom. The highest BCUT2D eigenvalue weighted by Gasteiger charge is 2.43. The number of nitrogens with one attached hydrogen (secondary N) is 2. The molecule has 1 aliphatic heterocycles. The number of carbonyl (C=O) groups is 3. The fourth-order valence-corrected chi connectivity index (χ4v) is 3.88. The number of hydrogen-bond acceptors (Lipinski definition) is 4. The summed E-state index contributed by atoms with van der Waals surface area (Å²) in [6.45, 7) is 3.30. The van der Waals surface area contributed by atoms with E-state index in [4.69, 9.17) is 0 Å². The topological polar surface area (TPSA) is 102 Å². The zero-order valence-corrected chi connectivity index (χ0v) is 18.2. The first-order valence-electron chi connectivity index (χ1n) is 10.5. The maximum absolute atomic E-state index is 13.5. The molecule has 1 fully saturated rings. The van der Waals surface area contributed by atoms with E-state index in [0.717, 1.165) is 12.1 Å². The van der Waals surface area contributed by atoms with Crippen LogP contribution in [0.1, 0.15) is 20.3 Å². The summed E-state index contributed by atoms with van der Waals surface area (Å²) in [6.07, 6.45) is 0.141. The molecule has 3 unspecified atom stereocenters. The second-order valence-corrected chi connectivity index (χ2v) is 8.29. The third kappa shape index (κ3) is 5.71. The van der Waals surface area contributed by atoms with Crippen LogP contribution in [0.2, 0.25) is 0 Å². The van der Waals surface area contributed by atoms with Crippen LogP contribution >= 0.6 is 0 Å². The van der Waals surface area contributed by atoms with Gasteiger partial charge in [-0.15, -0.1) is 0 Å². The monoisotopic (exact) mass is 454 g/mol. The molecular weight excluding hydrogens is 430 g/mol. The number of carbonyl (C=O) groups excluding carboxylic acids is 3. The minimum atomic E-state index is -1.21. The van der Waals surface area contributed by atoms with Gasteiger partial charge in [0, 0.05) is 24.0 Å². The summed E-state index contributed by atoms with van der Waals surface area (Å²) >= 11 is 0. The summed E-state index contributed by atoms with van der Waals surface area (Å²) in [5.74, 6) is -5.70. The van der Waals surface area contributed by atoms with Gasteiger partial charge in [-0.25, -0.2) is 8.78 Å². The number of amides is 3. The number of para-hydroxylation sites is 1. The lowest BCUT2D eigenvalue weighted by atomic mass is 9.93. The maximum atomic E-state index is 13.5. The standard InChI is InChI=1S/C24H24F2N4O3/c1-14(2)21(23(32)29-19-10-16(25)9-17(26)11-19)24(33)30-13-15(8-20(30)12-27)22(31)28-18-6-4-3-5-7-18/h3-7,9-11,14-15,20-21H,8,13H2,1-2H3,(H,28,31)(H,29,32). The fraction of sp³-hybridized carbons (Fsp3) is 0.333. The van der Waals surface area contributed by atoms with Crippen LogP contribution in [0.15, 0.2) is 48.5 Å². The molecule has 33 heavy (non-hydrogen) atoms. The van der Waals surface area contributed by atoms with Crippen LogP contribution in [0.25, 0.3) is 0 Å². The molecule has 0 spiro atoms. The molecule has 9 heteroatoms. The van der Waals surface area contributed by atoms with E-state index in [9.17, 15) is 28.4 Å². The highest BCUT2D eigenvalue weighted by Crippen LogP contribution is 2.28. The van der Waals surface area contributed by atoms with E-state index in [1.165, 1.54) is 4.90 Å². The van der Waals surface area contributed by atoms with Gasteiger partial charge in [-0.2, -0.15) is 5.26 Å². The van der Waals surface area contributed by atoms with Crippen LogP contribution in [-0.2, 0) is 14.4 Å². The van der Waals surface area contributed by atoms with Gasteiger partial charge in [0.25, 0.3) is 0 Å². The molecular formula is C24H24F2N4O3. The van der Waals surface area contributed by atoms with Crippen LogP contribution in [0.4, 0.5) is 20.2 Å². The Bertz CT molecular complexity index is 1060. The number of hydrogen-bond donors (Lipinski definition) is 2. The van der Waals surface area contributed by atoms with E-state index >= 15 is 0 Å². The second kappa shape index (κ2) is 10.2. The molecule has 1 heterocycles. The number of rotatable bonds is 6. The summed E-state index contributed by atoms with van der Waals surface area (Å²) < 4.78 is 26.9. The first-order chi connectivity index (χ1) is 15.7. The molecule has 0 radical (unpaired) electrons. The highest BCUT2D eigenvalue weighted by atomic mass is 19.1. The van der Waals surface area contributed by atoms with Crippen molar-refractivity contribution in [1.82, 2.24) is 4.90 Å². The van der Waals surface area contributed by atoms with Crippen LogP contribution < -0.4 is 10.6 Å². The number of nitriles is 1. The molecule has 0 aliphatic carbocycles. The lowest BCUT2D eigenvalue weighted by Crippen LogP contribution is -2.46. The predicted molar refractivity (Wildman–Crippen MR) is 118 cm³/mol. The summed E-state index contributed by atoms with van der Waals surface area (Å²) in [5.41, 5.74) is 0.483. The minimum absolute atomic E-state index is 0.0131. The first-order valence-corrected chi connectivity index (χ1v) is 10.5. The number of benzene rings is 2. The van der Waals surface area contributed by atoms with Gasteiger partial charge in [-0.1, -0.05) is 32.0 Å². The summed E-state index contributed by atoms with van der Waals surface area (Å²) in [4.78, 5) is 40.1. The Morgan fingerprint density at radius 1 is 1.03 bits per heavy atom. The van der Waals surface area contributed by atoms with E-state index < -0.39 is 47.2 Å². The average Bonchev–Trinajstić information content (AvgIpc) is 3.18. The molecule has 1 aliphatic rings. The largest absolute Gasteiger partial charge is 0.326 e. The van der Waals surface area contributed by atoms with E-state index in [1.807, 2.05) is 12.1 Å². The molecule has 7 nitrogen and oxygen atoms in total. The lowest BCUT2D eigenvalue weighted by molar-refractivity contribution is -0.142. The molecule has 0 bridgehead atoms. The van der Waals surface area contributed by atoms with Crippen molar-refractivity contribution in [2.75, 3.05) is 17.2 Å². The van der Waals surface area contributed by atoms with E-state index in [2.05, 4.69) is 10.6 Å². The van der Waals surface area contributed by atoms with Gasteiger partial charge in [0.2, 0.25) is 17.7 Å². The molecule has 2 aromatic rings. The lowest BCUT2D eigenvalue weighted by Gasteiger charge is -2.27.